The maximum Gasteiger partial charge on any atom is 0.229 e. The summed E-state index contributed by atoms with van der Waals surface area (Å²) < 4.78 is 0. The van der Waals surface area contributed by atoms with Crippen LogP contribution >= 0.6 is 0 Å². The van der Waals surface area contributed by atoms with Gasteiger partial charge in [-0.15, -0.1) is 0 Å². The average Bonchev–Trinajstić information content (AvgIpc) is 3.09. The zero-order valence-electron chi connectivity index (χ0n) is 15.1. The molecule has 0 radical (unpaired) electrons. The van der Waals surface area contributed by atoms with Gasteiger partial charge in [0.15, 0.2) is 0 Å². The molecule has 1 N–H and O–H groups in total. The van der Waals surface area contributed by atoms with Gasteiger partial charge in [0.1, 0.15) is 0 Å². The van der Waals surface area contributed by atoms with Gasteiger partial charge in [-0.25, -0.2) is 19.9 Å². The number of nitrogens with zero attached hydrogens (tertiary/aromatic N) is 6. The standard InChI is InChI=1S/C18H23N7O/c1-13-9-22-16(23-10-13)24-11-14-18(12-24,15(26)19-2)5-3-8-25(14)17-20-6-4-7-21-17/h4,6-7,9-10,14H,3,5,8,11-12H2,1-2H3,(H,19,26)/t14-,18-/m0/s1. The second kappa shape index (κ2) is 6.51. The molecule has 0 saturated carbocycles. The molecule has 26 heavy (non-hydrogen) atoms. The Morgan fingerprint density at radius 3 is 2.62 bits per heavy atom. The second-order valence-corrected chi connectivity index (χ2v) is 7.04. The van der Waals surface area contributed by atoms with Gasteiger partial charge >= 0.3 is 0 Å². The van der Waals surface area contributed by atoms with Crippen LogP contribution in [0, 0.1) is 12.3 Å². The molecule has 0 bridgehead atoms. The highest BCUT2D eigenvalue weighted by Crippen LogP contribution is 2.43. The van der Waals surface area contributed by atoms with E-state index in [0.717, 1.165) is 24.9 Å². The first-order valence-corrected chi connectivity index (χ1v) is 8.93. The Morgan fingerprint density at radius 1 is 1.19 bits per heavy atom. The molecule has 1 amide bonds. The van der Waals surface area contributed by atoms with Crippen LogP contribution in [-0.4, -0.2) is 58.6 Å². The van der Waals surface area contributed by atoms with Crippen molar-refractivity contribution in [2.24, 2.45) is 5.41 Å². The fraction of sp³-hybridized carbons (Fsp3) is 0.500. The van der Waals surface area contributed by atoms with Crippen LogP contribution in [0.15, 0.2) is 30.9 Å². The molecule has 2 fully saturated rings. The summed E-state index contributed by atoms with van der Waals surface area (Å²) in [5, 5.41) is 2.88. The summed E-state index contributed by atoms with van der Waals surface area (Å²) in [6.45, 7) is 4.09. The summed E-state index contributed by atoms with van der Waals surface area (Å²) in [5.41, 5.74) is 0.506. The van der Waals surface area contributed by atoms with Crippen molar-refractivity contribution < 1.29 is 4.79 Å². The summed E-state index contributed by atoms with van der Waals surface area (Å²) in [4.78, 5) is 35.0. The van der Waals surface area contributed by atoms with Gasteiger partial charge in [0.25, 0.3) is 0 Å². The number of amides is 1. The van der Waals surface area contributed by atoms with Gasteiger partial charge in [-0.1, -0.05) is 0 Å². The van der Waals surface area contributed by atoms with Crippen molar-refractivity contribution in [1.82, 2.24) is 25.3 Å². The highest BCUT2D eigenvalue weighted by molar-refractivity contribution is 5.86. The summed E-state index contributed by atoms with van der Waals surface area (Å²) >= 11 is 0. The van der Waals surface area contributed by atoms with Crippen molar-refractivity contribution in [1.29, 1.82) is 0 Å². The van der Waals surface area contributed by atoms with Crippen LogP contribution in [0.1, 0.15) is 18.4 Å². The molecule has 2 aliphatic heterocycles. The first-order chi connectivity index (χ1) is 12.6. The van der Waals surface area contributed by atoms with Crippen molar-refractivity contribution >= 4 is 17.8 Å². The monoisotopic (exact) mass is 353 g/mol. The average molecular weight is 353 g/mol. The van der Waals surface area contributed by atoms with Crippen LogP contribution < -0.4 is 15.1 Å². The fourth-order valence-electron chi connectivity index (χ4n) is 4.22. The van der Waals surface area contributed by atoms with E-state index in [1.807, 2.05) is 19.3 Å². The van der Waals surface area contributed by atoms with Crippen molar-refractivity contribution in [3.63, 3.8) is 0 Å². The number of carbonyl (C=O) groups is 1. The number of hydrogen-bond donors (Lipinski definition) is 1. The summed E-state index contributed by atoms with van der Waals surface area (Å²) in [5.74, 6) is 1.41. The molecule has 2 aromatic heterocycles. The van der Waals surface area contributed by atoms with Gasteiger partial charge in [-0.2, -0.15) is 0 Å². The minimum Gasteiger partial charge on any atom is -0.359 e. The molecule has 0 aromatic carbocycles. The van der Waals surface area contributed by atoms with Crippen LogP contribution in [-0.2, 0) is 4.79 Å². The lowest BCUT2D eigenvalue weighted by Crippen LogP contribution is -2.58. The molecule has 136 valence electrons. The van der Waals surface area contributed by atoms with Gasteiger partial charge in [0.05, 0.1) is 11.5 Å². The van der Waals surface area contributed by atoms with Gasteiger partial charge in [-0.05, 0) is 31.4 Å². The molecule has 8 heteroatoms. The number of aromatic nitrogens is 4. The molecule has 2 aliphatic rings. The quantitative estimate of drug-likeness (QED) is 0.873. The smallest absolute Gasteiger partial charge is 0.229 e. The first-order valence-electron chi connectivity index (χ1n) is 8.93. The lowest BCUT2D eigenvalue weighted by Gasteiger charge is -2.43. The minimum atomic E-state index is -0.513. The van der Waals surface area contributed by atoms with Crippen molar-refractivity contribution in [3.05, 3.63) is 36.4 Å². The Hall–Kier alpha value is -2.77. The van der Waals surface area contributed by atoms with E-state index >= 15 is 0 Å². The van der Waals surface area contributed by atoms with E-state index in [0.29, 0.717) is 25.0 Å². The molecular weight excluding hydrogens is 330 g/mol. The number of hydrogen-bond acceptors (Lipinski definition) is 7. The molecule has 2 saturated heterocycles. The third-order valence-corrected chi connectivity index (χ3v) is 5.44. The third-order valence-electron chi connectivity index (χ3n) is 5.44. The lowest BCUT2D eigenvalue weighted by atomic mass is 9.74. The third kappa shape index (κ3) is 2.65. The van der Waals surface area contributed by atoms with Gasteiger partial charge in [0, 0.05) is 51.5 Å². The van der Waals surface area contributed by atoms with E-state index in [1.54, 1.807) is 25.5 Å². The second-order valence-electron chi connectivity index (χ2n) is 7.04. The molecule has 0 spiro atoms. The van der Waals surface area contributed by atoms with E-state index in [1.165, 1.54) is 0 Å². The number of anilines is 2. The highest BCUT2D eigenvalue weighted by Gasteiger charge is 2.56. The first kappa shape index (κ1) is 16.7. The van der Waals surface area contributed by atoms with E-state index in [4.69, 9.17) is 0 Å². The van der Waals surface area contributed by atoms with E-state index in [9.17, 15) is 4.79 Å². The summed E-state index contributed by atoms with van der Waals surface area (Å²) in [6.07, 6.45) is 8.88. The number of fused-ring (bicyclic) bond motifs is 1. The van der Waals surface area contributed by atoms with Gasteiger partial charge < -0.3 is 15.1 Å². The van der Waals surface area contributed by atoms with Gasteiger partial charge in [0.2, 0.25) is 17.8 Å². The Morgan fingerprint density at radius 2 is 1.92 bits per heavy atom. The summed E-state index contributed by atoms with van der Waals surface area (Å²) in [6, 6.07) is 1.80. The number of aryl methyl sites for hydroxylation is 1. The SMILES string of the molecule is CNC(=O)[C@]12CCCN(c3ncccn3)[C@H]1CN(c1ncc(C)cn1)C2. The van der Waals surface area contributed by atoms with Crippen molar-refractivity contribution in [2.75, 3.05) is 36.5 Å². The Bertz CT molecular complexity index is 782. The molecule has 0 aliphatic carbocycles. The van der Waals surface area contributed by atoms with Gasteiger partial charge in [-0.3, -0.25) is 4.79 Å². The van der Waals surface area contributed by atoms with Crippen LogP contribution in [0.3, 0.4) is 0 Å². The lowest BCUT2D eigenvalue weighted by molar-refractivity contribution is -0.131. The normalized spacial score (nSPS) is 25.1. The van der Waals surface area contributed by atoms with E-state index < -0.39 is 5.41 Å². The van der Waals surface area contributed by atoms with Crippen LogP contribution in [0.5, 0.6) is 0 Å². The van der Waals surface area contributed by atoms with Crippen LogP contribution in [0.2, 0.25) is 0 Å². The minimum absolute atomic E-state index is 0.0106. The number of piperidine rings is 1. The molecular formula is C18H23N7O. The molecule has 2 aromatic rings. The summed E-state index contributed by atoms with van der Waals surface area (Å²) in [7, 11) is 1.71. The number of carbonyl (C=O) groups excluding carboxylic acids is 1. The molecule has 4 heterocycles. The maximum absolute atomic E-state index is 12.9. The largest absolute Gasteiger partial charge is 0.359 e. The predicted molar refractivity (Wildman–Crippen MR) is 97.9 cm³/mol. The topological polar surface area (TPSA) is 87.1 Å². The Labute approximate surface area is 152 Å². The number of nitrogens with one attached hydrogen (secondary N) is 1. The molecule has 2 atom stereocenters. The van der Waals surface area contributed by atoms with Crippen LogP contribution in [0.4, 0.5) is 11.9 Å². The zero-order chi connectivity index (χ0) is 18.1. The van der Waals surface area contributed by atoms with E-state index in [-0.39, 0.29) is 11.9 Å². The molecule has 0 unspecified atom stereocenters. The van der Waals surface area contributed by atoms with Crippen LogP contribution in [0.25, 0.3) is 0 Å². The molecule has 8 nitrogen and oxygen atoms in total. The fourth-order valence-corrected chi connectivity index (χ4v) is 4.22. The van der Waals surface area contributed by atoms with Crippen molar-refractivity contribution in [3.8, 4) is 0 Å². The van der Waals surface area contributed by atoms with Crippen molar-refractivity contribution in [2.45, 2.75) is 25.8 Å². The molecule has 4 rings (SSSR count). The highest BCUT2D eigenvalue weighted by atomic mass is 16.2. The maximum atomic E-state index is 12.9. The predicted octanol–water partition coefficient (Wildman–Crippen LogP) is 0.796. The zero-order valence-corrected chi connectivity index (χ0v) is 15.1. The Balaban J connectivity index is 1.71. The van der Waals surface area contributed by atoms with E-state index in [2.05, 4.69) is 35.1 Å². The Kier molecular flexibility index (Phi) is 4.18. The number of rotatable bonds is 3.